The maximum absolute atomic E-state index is 10.7. The molecule has 0 spiro atoms. The SMILES string of the molecule is CN1c2ccccc2C2(CCC=O)CCOC12. The molecule has 2 aliphatic heterocycles. The molecule has 0 aliphatic carbocycles. The first kappa shape index (κ1) is 10.8. The van der Waals surface area contributed by atoms with Gasteiger partial charge in [0.1, 0.15) is 12.5 Å². The van der Waals surface area contributed by atoms with Gasteiger partial charge in [0.2, 0.25) is 0 Å². The van der Waals surface area contributed by atoms with Crippen LogP contribution in [0.15, 0.2) is 24.3 Å². The van der Waals surface area contributed by atoms with Crippen LogP contribution in [0.2, 0.25) is 0 Å². The van der Waals surface area contributed by atoms with Crippen molar-refractivity contribution < 1.29 is 9.53 Å². The lowest BCUT2D eigenvalue weighted by molar-refractivity contribution is -0.108. The molecule has 0 radical (unpaired) electrons. The summed E-state index contributed by atoms with van der Waals surface area (Å²) in [4.78, 5) is 12.9. The summed E-state index contributed by atoms with van der Waals surface area (Å²) in [6.07, 6.45) is 3.66. The zero-order valence-corrected chi connectivity index (χ0v) is 10.1. The number of fused-ring (bicyclic) bond motifs is 3. The third kappa shape index (κ3) is 1.35. The maximum atomic E-state index is 10.7. The highest BCUT2D eigenvalue weighted by atomic mass is 16.5. The van der Waals surface area contributed by atoms with Crippen molar-refractivity contribution in [3.8, 4) is 0 Å². The van der Waals surface area contributed by atoms with Gasteiger partial charge in [0.25, 0.3) is 0 Å². The monoisotopic (exact) mass is 231 g/mol. The van der Waals surface area contributed by atoms with E-state index in [4.69, 9.17) is 4.74 Å². The highest BCUT2D eigenvalue weighted by molar-refractivity contribution is 5.64. The van der Waals surface area contributed by atoms with Crippen LogP contribution in [0.25, 0.3) is 0 Å². The van der Waals surface area contributed by atoms with Gasteiger partial charge in [-0.3, -0.25) is 0 Å². The molecule has 17 heavy (non-hydrogen) atoms. The Morgan fingerprint density at radius 3 is 3.18 bits per heavy atom. The van der Waals surface area contributed by atoms with E-state index in [2.05, 4.69) is 36.2 Å². The van der Waals surface area contributed by atoms with E-state index in [-0.39, 0.29) is 11.6 Å². The van der Waals surface area contributed by atoms with Crippen LogP contribution in [-0.4, -0.2) is 26.2 Å². The lowest BCUT2D eigenvalue weighted by atomic mass is 9.76. The number of carbonyl (C=O) groups is 1. The summed E-state index contributed by atoms with van der Waals surface area (Å²) in [5, 5.41) is 0. The molecule has 1 fully saturated rings. The quantitative estimate of drug-likeness (QED) is 0.746. The van der Waals surface area contributed by atoms with Crippen LogP contribution < -0.4 is 4.90 Å². The van der Waals surface area contributed by atoms with E-state index in [0.29, 0.717) is 6.42 Å². The number of ether oxygens (including phenoxy) is 1. The van der Waals surface area contributed by atoms with Crippen molar-refractivity contribution in [3.05, 3.63) is 29.8 Å². The number of para-hydroxylation sites is 1. The van der Waals surface area contributed by atoms with Crippen molar-refractivity contribution in [2.24, 2.45) is 0 Å². The lowest BCUT2D eigenvalue weighted by Gasteiger charge is -2.30. The zero-order chi connectivity index (χ0) is 11.9. The van der Waals surface area contributed by atoms with Gasteiger partial charge < -0.3 is 14.4 Å². The fraction of sp³-hybridized carbons (Fsp3) is 0.500. The molecule has 3 heteroatoms. The fourth-order valence-corrected chi connectivity index (χ4v) is 3.41. The summed E-state index contributed by atoms with van der Waals surface area (Å²) in [7, 11) is 2.08. The van der Waals surface area contributed by atoms with Crippen molar-refractivity contribution in [1.29, 1.82) is 0 Å². The Balaban J connectivity index is 2.07. The minimum Gasteiger partial charge on any atom is -0.357 e. The molecule has 0 N–H and O–H groups in total. The van der Waals surface area contributed by atoms with Crippen LogP contribution in [0.5, 0.6) is 0 Å². The molecule has 0 amide bonds. The van der Waals surface area contributed by atoms with E-state index in [9.17, 15) is 4.79 Å². The molecule has 2 aliphatic rings. The molecule has 3 rings (SSSR count). The first-order valence-electron chi connectivity index (χ1n) is 6.17. The van der Waals surface area contributed by atoms with Crippen molar-refractivity contribution in [2.45, 2.75) is 30.9 Å². The minimum absolute atomic E-state index is 0.0340. The molecule has 2 unspecified atom stereocenters. The van der Waals surface area contributed by atoms with Crippen LogP contribution in [0.3, 0.4) is 0 Å². The van der Waals surface area contributed by atoms with Crippen molar-refractivity contribution >= 4 is 12.0 Å². The molecule has 2 heterocycles. The van der Waals surface area contributed by atoms with Crippen LogP contribution in [-0.2, 0) is 14.9 Å². The topological polar surface area (TPSA) is 29.5 Å². The Hall–Kier alpha value is -1.35. The average molecular weight is 231 g/mol. The van der Waals surface area contributed by atoms with E-state index >= 15 is 0 Å². The smallest absolute Gasteiger partial charge is 0.139 e. The van der Waals surface area contributed by atoms with Gasteiger partial charge in [-0.1, -0.05) is 18.2 Å². The Morgan fingerprint density at radius 2 is 2.35 bits per heavy atom. The molecule has 1 saturated heterocycles. The zero-order valence-electron chi connectivity index (χ0n) is 10.1. The maximum Gasteiger partial charge on any atom is 0.139 e. The van der Waals surface area contributed by atoms with Crippen LogP contribution in [0, 0.1) is 0 Å². The van der Waals surface area contributed by atoms with Gasteiger partial charge >= 0.3 is 0 Å². The second kappa shape index (κ2) is 3.84. The Bertz CT molecular complexity index is 446. The molecule has 2 atom stereocenters. The fourth-order valence-electron chi connectivity index (χ4n) is 3.41. The van der Waals surface area contributed by atoms with Gasteiger partial charge in [0.15, 0.2) is 0 Å². The average Bonchev–Trinajstić information content (AvgIpc) is 2.88. The number of aldehydes is 1. The predicted molar refractivity (Wildman–Crippen MR) is 66.2 cm³/mol. The Kier molecular flexibility index (Phi) is 2.44. The van der Waals surface area contributed by atoms with Gasteiger partial charge in [-0.15, -0.1) is 0 Å². The summed E-state index contributed by atoms with van der Waals surface area (Å²) in [5.41, 5.74) is 2.64. The van der Waals surface area contributed by atoms with Crippen molar-refractivity contribution in [1.82, 2.24) is 0 Å². The molecule has 1 aromatic rings. The lowest BCUT2D eigenvalue weighted by Crippen LogP contribution is -2.39. The molecule has 0 saturated carbocycles. The third-order valence-electron chi connectivity index (χ3n) is 4.18. The molecule has 3 nitrogen and oxygen atoms in total. The van der Waals surface area contributed by atoms with E-state index in [1.165, 1.54) is 11.3 Å². The largest absolute Gasteiger partial charge is 0.357 e. The van der Waals surface area contributed by atoms with Crippen molar-refractivity contribution in [3.63, 3.8) is 0 Å². The highest BCUT2D eigenvalue weighted by Crippen LogP contribution is 2.52. The minimum atomic E-state index is 0.0340. The Morgan fingerprint density at radius 1 is 1.53 bits per heavy atom. The number of carbonyl (C=O) groups excluding carboxylic acids is 1. The second-order valence-electron chi connectivity index (χ2n) is 4.96. The number of hydrogen-bond donors (Lipinski definition) is 0. The van der Waals surface area contributed by atoms with Crippen LogP contribution in [0.4, 0.5) is 5.69 Å². The molecular weight excluding hydrogens is 214 g/mol. The van der Waals surface area contributed by atoms with Gasteiger partial charge in [0, 0.05) is 24.6 Å². The summed E-state index contributed by atoms with van der Waals surface area (Å²) in [5.74, 6) is 0. The van der Waals surface area contributed by atoms with Gasteiger partial charge in [-0.2, -0.15) is 0 Å². The first-order chi connectivity index (χ1) is 8.29. The van der Waals surface area contributed by atoms with E-state index in [0.717, 1.165) is 25.7 Å². The highest BCUT2D eigenvalue weighted by Gasteiger charge is 2.53. The van der Waals surface area contributed by atoms with Crippen LogP contribution in [0.1, 0.15) is 24.8 Å². The van der Waals surface area contributed by atoms with Crippen molar-refractivity contribution in [2.75, 3.05) is 18.6 Å². The summed E-state index contributed by atoms with van der Waals surface area (Å²) in [6.45, 7) is 0.794. The molecular formula is C14H17NO2. The number of anilines is 1. The van der Waals surface area contributed by atoms with E-state index in [1.54, 1.807) is 0 Å². The normalized spacial score (nSPS) is 30.2. The van der Waals surface area contributed by atoms with Gasteiger partial charge in [0.05, 0.1) is 6.61 Å². The summed E-state index contributed by atoms with van der Waals surface area (Å²) in [6, 6.07) is 8.46. The first-order valence-corrected chi connectivity index (χ1v) is 6.17. The summed E-state index contributed by atoms with van der Waals surface area (Å²) < 4.78 is 5.88. The van der Waals surface area contributed by atoms with Gasteiger partial charge in [-0.25, -0.2) is 0 Å². The standard InChI is InChI=1S/C14H17NO2/c1-15-12-6-3-2-5-11(12)14(7-4-9-16)8-10-17-13(14)15/h2-3,5-6,9,13H,4,7-8,10H2,1H3. The molecule has 1 aromatic carbocycles. The third-order valence-corrected chi connectivity index (χ3v) is 4.18. The number of benzene rings is 1. The second-order valence-corrected chi connectivity index (χ2v) is 4.96. The number of likely N-dealkylation sites (N-methyl/N-ethyl adjacent to an activating group) is 1. The van der Waals surface area contributed by atoms with E-state index in [1.807, 2.05) is 0 Å². The Labute approximate surface area is 101 Å². The van der Waals surface area contributed by atoms with Gasteiger partial charge in [-0.05, 0) is 24.5 Å². The summed E-state index contributed by atoms with van der Waals surface area (Å²) >= 11 is 0. The number of rotatable bonds is 3. The molecule has 0 bridgehead atoms. The van der Waals surface area contributed by atoms with E-state index < -0.39 is 0 Å². The number of nitrogens with zero attached hydrogens (tertiary/aromatic N) is 1. The predicted octanol–water partition coefficient (Wildman–Crippen LogP) is 2.10. The molecule has 0 aromatic heterocycles. The number of hydrogen-bond acceptors (Lipinski definition) is 3. The molecule has 90 valence electrons. The van der Waals surface area contributed by atoms with Crippen LogP contribution >= 0.6 is 0 Å².